The lowest BCUT2D eigenvalue weighted by Gasteiger charge is -2.37. The summed E-state index contributed by atoms with van der Waals surface area (Å²) in [6.07, 6.45) is 2.82. The van der Waals surface area contributed by atoms with Crippen molar-refractivity contribution in [1.82, 2.24) is 20.5 Å². The topological polar surface area (TPSA) is 92.0 Å². The zero-order chi connectivity index (χ0) is 20.7. The maximum atomic E-state index is 12.5. The van der Waals surface area contributed by atoms with Crippen molar-refractivity contribution in [2.24, 2.45) is 4.99 Å². The van der Waals surface area contributed by atoms with E-state index in [2.05, 4.69) is 20.6 Å². The van der Waals surface area contributed by atoms with Crippen molar-refractivity contribution < 1.29 is 13.9 Å². The van der Waals surface area contributed by atoms with Gasteiger partial charge < -0.3 is 24.7 Å². The number of nitrogens with zero attached hydrogens (tertiary/aromatic N) is 3. The van der Waals surface area contributed by atoms with Gasteiger partial charge >= 0.3 is 6.09 Å². The number of carbonyl (C=O) groups is 1. The molecule has 8 heteroatoms. The van der Waals surface area contributed by atoms with Crippen LogP contribution in [0, 0.1) is 13.8 Å². The molecule has 1 aromatic rings. The molecule has 2 rings (SSSR count). The van der Waals surface area contributed by atoms with Gasteiger partial charge in [0.15, 0.2) is 5.96 Å². The van der Waals surface area contributed by atoms with E-state index < -0.39 is 5.60 Å². The summed E-state index contributed by atoms with van der Waals surface area (Å²) < 4.78 is 11.2. The zero-order valence-corrected chi connectivity index (χ0v) is 18.1. The van der Waals surface area contributed by atoms with E-state index in [0.717, 1.165) is 43.8 Å². The summed E-state index contributed by atoms with van der Waals surface area (Å²) in [6.45, 7) is 14.0. The summed E-state index contributed by atoms with van der Waals surface area (Å²) in [5.74, 6) is 2.10. The molecule has 0 saturated carbocycles. The van der Waals surface area contributed by atoms with E-state index in [1.165, 1.54) is 0 Å². The number of hydrogen-bond acceptors (Lipinski definition) is 5. The van der Waals surface area contributed by atoms with Crippen molar-refractivity contribution in [3.8, 4) is 0 Å². The van der Waals surface area contributed by atoms with Crippen LogP contribution in [-0.2, 0) is 11.3 Å². The van der Waals surface area contributed by atoms with Gasteiger partial charge in [0.05, 0.1) is 11.7 Å². The molecule has 1 saturated heterocycles. The minimum Gasteiger partial charge on any atom is -0.444 e. The molecule has 1 unspecified atom stereocenters. The highest BCUT2D eigenvalue weighted by atomic mass is 16.6. The number of carbonyl (C=O) groups excluding carboxylic acids is 1. The summed E-state index contributed by atoms with van der Waals surface area (Å²) in [7, 11) is 0. The van der Waals surface area contributed by atoms with Gasteiger partial charge in [-0.15, -0.1) is 0 Å². The van der Waals surface area contributed by atoms with Crippen molar-refractivity contribution in [2.45, 2.75) is 79.0 Å². The van der Waals surface area contributed by atoms with E-state index in [1.54, 1.807) is 0 Å². The normalized spacial score (nSPS) is 18.1. The number of ether oxygens (including phenoxy) is 1. The van der Waals surface area contributed by atoms with Gasteiger partial charge in [-0.3, -0.25) is 0 Å². The van der Waals surface area contributed by atoms with Crippen LogP contribution in [0.4, 0.5) is 4.79 Å². The van der Waals surface area contributed by atoms with Gasteiger partial charge in [-0.2, -0.15) is 0 Å². The number of hydrogen-bond donors (Lipinski definition) is 2. The molecule has 0 aromatic carbocycles. The molecule has 158 valence electrons. The molecule has 1 aromatic heterocycles. The number of rotatable bonds is 5. The number of guanidine groups is 1. The van der Waals surface area contributed by atoms with Crippen molar-refractivity contribution in [2.75, 3.05) is 19.6 Å². The Hall–Kier alpha value is -2.25. The Kier molecular flexibility index (Phi) is 7.71. The Morgan fingerprint density at radius 3 is 2.68 bits per heavy atom. The van der Waals surface area contributed by atoms with E-state index in [0.29, 0.717) is 24.9 Å². The molecule has 0 radical (unpaired) electrons. The Morgan fingerprint density at radius 1 is 1.32 bits per heavy atom. The summed E-state index contributed by atoms with van der Waals surface area (Å²) in [4.78, 5) is 23.3. The van der Waals surface area contributed by atoms with Crippen LogP contribution < -0.4 is 10.6 Å². The third-order valence-electron chi connectivity index (χ3n) is 4.55. The Labute approximate surface area is 168 Å². The maximum Gasteiger partial charge on any atom is 0.410 e. The van der Waals surface area contributed by atoms with Crippen LogP contribution in [0.15, 0.2) is 9.41 Å². The van der Waals surface area contributed by atoms with Gasteiger partial charge in [0.1, 0.15) is 17.9 Å². The van der Waals surface area contributed by atoms with Crippen LogP contribution in [-0.4, -0.2) is 53.2 Å². The third kappa shape index (κ3) is 6.73. The number of oxazole rings is 1. The minimum absolute atomic E-state index is 0.0821. The fourth-order valence-electron chi connectivity index (χ4n) is 3.08. The van der Waals surface area contributed by atoms with Crippen molar-refractivity contribution in [3.63, 3.8) is 0 Å². The predicted molar refractivity (Wildman–Crippen MR) is 109 cm³/mol. The molecule has 0 spiro atoms. The Morgan fingerprint density at radius 2 is 2.07 bits per heavy atom. The van der Waals surface area contributed by atoms with Crippen LogP contribution >= 0.6 is 0 Å². The van der Waals surface area contributed by atoms with E-state index in [1.807, 2.05) is 46.4 Å². The molecule has 2 heterocycles. The number of aliphatic imine (C=N–C) groups is 1. The lowest BCUT2D eigenvalue weighted by molar-refractivity contribution is 0.0104. The van der Waals surface area contributed by atoms with Crippen LogP contribution in [0.3, 0.4) is 0 Å². The smallest absolute Gasteiger partial charge is 0.410 e. The average Bonchev–Trinajstić information content (AvgIpc) is 2.94. The molecule has 1 atom stereocenters. The van der Waals surface area contributed by atoms with Crippen LogP contribution in [0.25, 0.3) is 0 Å². The van der Waals surface area contributed by atoms with Crippen LogP contribution in [0.1, 0.15) is 64.3 Å². The second kappa shape index (κ2) is 9.80. The molecule has 8 nitrogen and oxygen atoms in total. The van der Waals surface area contributed by atoms with E-state index in [-0.39, 0.29) is 12.1 Å². The molecule has 28 heavy (non-hydrogen) atoms. The largest absolute Gasteiger partial charge is 0.444 e. The molecule has 1 aliphatic rings. The number of piperidine rings is 1. The second-order valence-electron chi connectivity index (χ2n) is 8.15. The Balaban J connectivity index is 1.97. The molecule has 1 fully saturated rings. The van der Waals surface area contributed by atoms with E-state index in [4.69, 9.17) is 9.15 Å². The first kappa shape index (κ1) is 22.0. The lowest BCUT2D eigenvalue weighted by atomic mass is 10.0. The first-order valence-electron chi connectivity index (χ1n) is 10.1. The molecule has 2 N–H and O–H groups in total. The number of likely N-dealkylation sites (tertiary alicyclic amines) is 1. The minimum atomic E-state index is -0.491. The van der Waals surface area contributed by atoms with Gasteiger partial charge in [-0.05, 0) is 60.8 Å². The number of nitrogens with one attached hydrogen (secondary N) is 2. The quantitative estimate of drug-likeness (QED) is 0.590. The monoisotopic (exact) mass is 393 g/mol. The summed E-state index contributed by atoms with van der Waals surface area (Å²) in [5, 5.41) is 6.58. The van der Waals surface area contributed by atoms with Gasteiger partial charge in [0, 0.05) is 19.6 Å². The SMILES string of the molecule is CCNC(=NCc1nc(C)c(C)o1)NCC1CCCCN1C(=O)OC(C)(C)C. The highest BCUT2D eigenvalue weighted by Gasteiger charge is 2.30. The van der Waals surface area contributed by atoms with Crippen LogP contribution in [0.5, 0.6) is 0 Å². The van der Waals surface area contributed by atoms with Gasteiger partial charge in [-0.1, -0.05) is 0 Å². The number of aromatic nitrogens is 1. The average molecular weight is 394 g/mol. The highest BCUT2D eigenvalue weighted by Crippen LogP contribution is 2.20. The van der Waals surface area contributed by atoms with Crippen molar-refractivity contribution in [3.05, 3.63) is 17.3 Å². The molecule has 0 bridgehead atoms. The fourth-order valence-corrected chi connectivity index (χ4v) is 3.08. The highest BCUT2D eigenvalue weighted by molar-refractivity contribution is 5.79. The van der Waals surface area contributed by atoms with E-state index in [9.17, 15) is 4.79 Å². The van der Waals surface area contributed by atoms with E-state index >= 15 is 0 Å². The lowest BCUT2D eigenvalue weighted by Crippen LogP contribution is -2.52. The number of amides is 1. The number of aryl methyl sites for hydroxylation is 2. The summed E-state index contributed by atoms with van der Waals surface area (Å²) in [5.41, 5.74) is 0.397. The summed E-state index contributed by atoms with van der Waals surface area (Å²) >= 11 is 0. The molecular formula is C20H35N5O3. The van der Waals surface area contributed by atoms with Crippen molar-refractivity contribution in [1.29, 1.82) is 0 Å². The molecule has 0 aliphatic carbocycles. The Bertz CT molecular complexity index is 658. The second-order valence-corrected chi connectivity index (χ2v) is 8.15. The van der Waals surface area contributed by atoms with Gasteiger partial charge in [-0.25, -0.2) is 14.8 Å². The molecule has 1 amide bonds. The van der Waals surface area contributed by atoms with Crippen LogP contribution in [0.2, 0.25) is 0 Å². The van der Waals surface area contributed by atoms with Gasteiger partial charge in [0.25, 0.3) is 0 Å². The maximum absolute atomic E-state index is 12.5. The molecule has 1 aliphatic heterocycles. The zero-order valence-electron chi connectivity index (χ0n) is 18.1. The first-order valence-corrected chi connectivity index (χ1v) is 10.1. The van der Waals surface area contributed by atoms with Crippen molar-refractivity contribution >= 4 is 12.1 Å². The molecular weight excluding hydrogens is 358 g/mol. The standard InChI is InChI=1S/C20H35N5O3/c1-7-21-18(23-13-17-24-14(2)15(3)27-17)22-12-16-10-8-9-11-25(16)19(26)28-20(4,5)6/h16H,7-13H2,1-6H3,(H2,21,22,23). The fraction of sp³-hybridized carbons (Fsp3) is 0.750. The summed E-state index contributed by atoms with van der Waals surface area (Å²) in [6, 6.07) is 0.0821. The van der Waals surface area contributed by atoms with Gasteiger partial charge in [0.2, 0.25) is 5.89 Å². The third-order valence-corrected chi connectivity index (χ3v) is 4.55. The first-order chi connectivity index (χ1) is 13.2. The predicted octanol–water partition coefficient (Wildman–Crippen LogP) is 3.14.